The molecule has 0 atom stereocenters. The first-order chi connectivity index (χ1) is 9.69. The molecule has 0 fully saturated rings. The van der Waals surface area contributed by atoms with Crippen LogP contribution in [0.15, 0.2) is 36.4 Å². The van der Waals surface area contributed by atoms with Crippen LogP contribution in [0.5, 0.6) is 11.5 Å². The first-order valence-electron chi connectivity index (χ1n) is 6.35. The Hall–Kier alpha value is -2.07. The van der Waals surface area contributed by atoms with Gasteiger partial charge in [0.05, 0.1) is 14.2 Å². The molecule has 0 radical (unpaired) electrons. The van der Waals surface area contributed by atoms with Gasteiger partial charge in [-0.25, -0.2) is 4.39 Å². The molecular formula is C16H18FNO2. The molecule has 0 spiro atoms. The normalized spacial score (nSPS) is 10.4. The SMILES string of the molecule is CNCc1cc(F)ccc1-c1ccc(OC)cc1OC. The van der Waals surface area contributed by atoms with Gasteiger partial charge in [-0.3, -0.25) is 0 Å². The molecule has 2 rings (SSSR count). The number of rotatable bonds is 5. The minimum absolute atomic E-state index is 0.244. The van der Waals surface area contributed by atoms with Gasteiger partial charge < -0.3 is 14.8 Å². The summed E-state index contributed by atoms with van der Waals surface area (Å²) in [7, 11) is 5.05. The van der Waals surface area contributed by atoms with Crippen LogP contribution in [0.1, 0.15) is 5.56 Å². The van der Waals surface area contributed by atoms with E-state index < -0.39 is 0 Å². The van der Waals surface area contributed by atoms with Gasteiger partial charge in [-0.2, -0.15) is 0 Å². The lowest BCUT2D eigenvalue weighted by molar-refractivity contribution is 0.395. The Labute approximate surface area is 118 Å². The lowest BCUT2D eigenvalue weighted by atomic mass is 9.98. The number of hydrogen-bond donors (Lipinski definition) is 1. The van der Waals surface area contributed by atoms with Crippen LogP contribution in [0.4, 0.5) is 4.39 Å². The highest BCUT2D eigenvalue weighted by atomic mass is 19.1. The lowest BCUT2D eigenvalue weighted by Gasteiger charge is -2.14. The van der Waals surface area contributed by atoms with Crippen molar-refractivity contribution in [3.05, 3.63) is 47.8 Å². The molecule has 0 saturated carbocycles. The number of halogens is 1. The summed E-state index contributed by atoms with van der Waals surface area (Å²) in [5.74, 6) is 1.18. The molecule has 2 aromatic carbocycles. The van der Waals surface area contributed by atoms with E-state index in [0.29, 0.717) is 12.3 Å². The summed E-state index contributed by atoms with van der Waals surface area (Å²) in [6.45, 7) is 0.586. The van der Waals surface area contributed by atoms with Crippen LogP contribution in [-0.4, -0.2) is 21.3 Å². The average Bonchev–Trinajstić information content (AvgIpc) is 2.47. The average molecular weight is 275 g/mol. The quantitative estimate of drug-likeness (QED) is 0.908. The Kier molecular flexibility index (Phi) is 4.58. The maximum atomic E-state index is 13.4. The Bertz CT molecular complexity index is 599. The minimum Gasteiger partial charge on any atom is -0.497 e. The fourth-order valence-corrected chi connectivity index (χ4v) is 2.18. The summed E-state index contributed by atoms with van der Waals surface area (Å²) >= 11 is 0. The first kappa shape index (κ1) is 14.3. The predicted molar refractivity (Wildman–Crippen MR) is 77.7 cm³/mol. The molecule has 20 heavy (non-hydrogen) atoms. The zero-order valence-electron chi connectivity index (χ0n) is 11.9. The van der Waals surface area contributed by atoms with Crippen LogP contribution >= 0.6 is 0 Å². The van der Waals surface area contributed by atoms with Crippen molar-refractivity contribution in [1.29, 1.82) is 0 Å². The fourth-order valence-electron chi connectivity index (χ4n) is 2.18. The molecule has 0 aromatic heterocycles. The minimum atomic E-state index is -0.244. The molecule has 0 saturated heterocycles. The third kappa shape index (κ3) is 2.91. The van der Waals surface area contributed by atoms with E-state index in [2.05, 4.69) is 5.32 Å². The molecule has 0 heterocycles. The Morgan fingerprint density at radius 3 is 2.40 bits per heavy atom. The van der Waals surface area contributed by atoms with Gasteiger partial charge >= 0.3 is 0 Å². The van der Waals surface area contributed by atoms with Crippen LogP contribution in [0.2, 0.25) is 0 Å². The van der Waals surface area contributed by atoms with Gasteiger partial charge in [0.1, 0.15) is 17.3 Å². The number of ether oxygens (including phenoxy) is 2. The van der Waals surface area contributed by atoms with Crippen molar-refractivity contribution in [2.75, 3.05) is 21.3 Å². The Balaban J connectivity index is 2.55. The van der Waals surface area contributed by atoms with Gasteiger partial charge in [0.25, 0.3) is 0 Å². The number of methoxy groups -OCH3 is 2. The summed E-state index contributed by atoms with van der Waals surface area (Å²) in [4.78, 5) is 0. The zero-order chi connectivity index (χ0) is 14.5. The summed E-state index contributed by atoms with van der Waals surface area (Å²) in [5, 5.41) is 3.05. The van der Waals surface area contributed by atoms with Crippen molar-refractivity contribution in [1.82, 2.24) is 5.32 Å². The third-order valence-electron chi connectivity index (χ3n) is 3.13. The van der Waals surface area contributed by atoms with E-state index in [1.807, 2.05) is 25.2 Å². The highest BCUT2D eigenvalue weighted by Gasteiger charge is 2.12. The fraction of sp³-hybridized carbons (Fsp3) is 0.250. The summed E-state index contributed by atoms with van der Waals surface area (Å²) in [5.41, 5.74) is 2.75. The van der Waals surface area contributed by atoms with Gasteiger partial charge in [-0.15, -0.1) is 0 Å². The van der Waals surface area contributed by atoms with E-state index in [9.17, 15) is 4.39 Å². The van der Waals surface area contributed by atoms with Crippen LogP contribution < -0.4 is 14.8 Å². The number of benzene rings is 2. The molecule has 0 unspecified atom stereocenters. The zero-order valence-corrected chi connectivity index (χ0v) is 11.9. The molecule has 0 amide bonds. The molecule has 106 valence electrons. The summed E-state index contributed by atoms with van der Waals surface area (Å²) in [6.07, 6.45) is 0. The standard InChI is InChI=1S/C16H18FNO2/c1-18-10-11-8-12(17)4-6-14(11)15-7-5-13(19-2)9-16(15)20-3/h4-9,18H,10H2,1-3H3. The summed E-state index contributed by atoms with van der Waals surface area (Å²) in [6, 6.07) is 10.4. The molecule has 2 aromatic rings. The van der Waals surface area contributed by atoms with Gasteiger partial charge in [0.15, 0.2) is 0 Å². The van der Waals surface area contributed by atoms with Crippen molar-refractivity contribution in [2.24, 2.45) is 0 Å². The molecule has 4 heteroatoms. The number of nitrogens with one attached hydrogen (secondary N) is 1. The predicted octanol–water partition coefficient (Wildman–Crippen LogP) is 3.23. The van der Waals surface area contributed by atoms with Crippen molar-refractivity contribution in [2.45, 2.75) is 6.54 Å². The van der Waals surface area contributed by atoms with Crippen molar-refractivity contribution in [3.63, 3.8) is 0 Å². The molecule has 1 N–H and O–H groups in total. The second-order valence-corrected chi connectivity index (χ2v) is 4.40. The first-order valence-corrected chi connectivity index (χ1v) is 6.35. The van der Waals surface area contributed by atoms with E-state index in [1.54, 1.807) is 20.3 Å². The second-order valence-electron chi connectivity index (χ2n) is 4.40. The highest BCUT2D eigenvalue weighted by Crippen LogP contribution is 2.35. The molecule has 0 aliphatic carbocycles. The highest BCUT2D eigenvalue weighted by molar-refractivity contribution is 5.74. The molecular weight excluding hydrogens is 257 g/mol. The van der Waals surface area contributed by atoms with E-state index in [1.165, 1.54) is 12.1 Å². The lowest BCUT2D eigenvalue weighted by Crippen LogP contribution is -2.07. The molecule has 0 bridgehead atoms. The maximum Gasteiger partial charge on any atom is 0.130 e. The van der Waals surface area contributed by atoms with Gasteiger partial charge in [-0.05, 0) is 42.4 Å². The smallest absolute Gasteiger partial charge is 0.130 e. The summed E-state index contributed by atoms with van der Waals surface area (Å²) < 4.78 is 24.0. The van der Waals surface area contributed by atoms with E-state index in [0.717, 1.165) is 22.4 Å². The Morgan fingerprint density at radius 2 is 1.75 bits per heavy atom. The topological polar surface area (TPSA) is 30.5 Å². The van der Waals surface area contributed by atoms with Gasteiger partial charge in [0.2, 0.25) is 0 Å². The Morgan fingerprint density at radius 1 is 1.00 bits per heavy atom. The van der Waals surface area contributed by atoms with Crippen LogP contribution in [-0.2, 0) is 6.54 Å². The van der Waals surface area contributed by atoms with E-state index in [4.69, 9.17) is 9.47 Å². The molecule has 0 aliphatic heterocycles. The second kappa shape index (κ2) is 6.39. The molecule has 0 aliphatic rings. The van der Waals surface area contributed by atoms with E-state index in [-0.39, 0.29) is 5.82 Å². The third-order valence-corrected chi connectivity index (χ3v) is 3.13. The number of hydrogen-bond acceptors (Lipinski definition) is 3. The van der Waals surface area contributed by atoms with Crippen LogP contribution in [0.25, 0.3) is 11.1 Å². The molecule has 3 nitrogen and oxygen atoms in total. The maximum absolute atomic E-state index is 13.4. The monoisotopic (exact) mass is 275 g/mol. The van der Waals surface area contributed by atoms with Crippen molar-refractivity contribution < 1.29 is 13.9 Å². The van der Waals surface area contributed by atoms with Crippen molar-refractivity contribution in [3.8, 4) is 22.6 Å². The van der Waals surface area contributed by atoms with Gasteiger partial charge in [0, 0.05) is 18.2 Å². The van der Waals surface area contributed by atoms with Crippen molar-refractivity contribution >= 4 is 0 Å². The van der Waals surface area contributed by atoms with E-state index >= 15 is 0 Å². The van der Waals surface area contributed by atoms with Crippen LogP contribution in [0.3, 0.4) is 0 Å². The largest absolute Gasteiger partial charge is 0.497 e. The van der Waals surface area contributed by atoms with Gasteiger partial charge in [-0.1, -0.05) is 6.07 Å². The van der Waals surface area contributed by atoms with Crippen LogP contribution in [0, 0.1) is 5.82 Å².